The van der Waals surface area contributed by atoms with Crippen LogP contribution in [-0.4, -0.2) is 18.4 Å². The van der Waals surface area contributed by atoms with Crippen molar-refractivity contribution in [2.24, 2.45) is 0 Å². The fraction of sp³-hybridized carbons (Fsp3) is 0.364. The highest BCUT2D eigenvalue weighted by atomic mass is 16.5. The lowest BCUT2D eigenvalue weighted by atomic mass is 10.0. The average Bonchev–Trinajstić information content (AvgIpc) is 2.63. The van der Waals surface area contributed by atoms with E-state index in [0.717, 1.165) is 22.4 Å². The molecule has 0 aromatic heterocycles. The largest absolute Gasteiger partial charge is 0.483 e. The summed E-state index contributed by atoms with van der Waals surface area (Å²) in [5.74, 6) is 0.740. The molecule has 5 heteroatoms. The van der Waals surface area contributed by atoms with E-state index in [-0.39, 0.29) is 18.4 Å². The van der Waals surface area contributed by atoms with Crippen molar-refractivity contribution >= 4 is 23.2 Å². The molecule has 27 heavy (non-hydrogen) atoms. The van der Waals surface area contributed by atoms with Gasteiger partial charge in [0.05, 0.1) is 0 Å². The van der Waals surface area contributed by atoms with E-state index in [4.69, 9.17) is 4.74 Å². The molecule has 0 heterocycles. The molecular weight excluding hydrogens is 340 g/mol. The number of anilines is 2. The first-order valence-corrected chi connectivity index (χ1v) is 9.24. The minimum Gasteiger partial charge on any atom is -0.483 e. The maximum absolute atomic E-state index is 12.4. The van der Waals surface area contributed by atoms with Gasteiger partial charge in [0, 0.05) is 17.8 Å². The summed E-state index contributed by atoms with van der Waals surface area (Å²) in [4.78, 5) is 24.0. The van der Waals surface area contributed by atoms with Gasteiger partial charge in [-0.25, -0.2) is 0 Å². The lowest BCUT2D eigenvalue weighted by Gasteiger charge is -2.16. The summed E-state index contributed by atoms with van der Waals surface area (Å²) in [6.45, 7) is 9.77. The molecule has 0 saturated carbocycles. The van der Waals surface area contributed by atoms with Gasteiger partial charge in [0.15, 0.2) is 6.61 Å². The Morgan fingerprint density at radius 1 is 1.00 bits per heavy atom. The van der Waals surface area contributed by atoms with Gasteiger partial charge < -0.3 is 15.4 Å². The normalized spacial score (nSPS) is 10.6. The molecule has 0 radical (unpaired) electrons. The molecule has 2 rings (SSSR count). The van der Waals surface area contributed by atoms with Crippen LogP contribution in [0.5, 0.6) is 5.75 Å². The van der Waals surface area contributed by atoms with Gasteiger partial charge in [0.25, 0.3) is 5.91 Å². The van der Waals surface area contributed by atoms with Crippen molar-refractivity contribution in [2.75, 3.05) is 17.2 Å². The third-order valence-electron chi connectivity index (χ3n) is 4.35. The summed E-state index contributed by atoms with van der Waals surface area (Å²) in [6, 6.07) is 11.5. The molecule has 0 fully saturated rings. The van der Waals surface area contributed by atoms with Gasteiger partial charge in [-0.15, -0.1) is 0 Å². The first-order valence-electron chi connectivity index (χ1n) is 9.24. The molecule has 5 nitrogen and oxygen atoms in total. The van der Waals surface area contributed by atoms with E-state index in [0.29, 0.717) is 23.7 Å². The molecule has 0 aliphatic heterocycles. The van der Waals surface area contributed by atoms with Crippen molar-refractivity contribution in [1.29, 1.82) is 0 Å². The number of aryl methyl sites for hydroxylation is 1. The number of benzene rings is 2. The molecule has 0 aliphatic carbocycles. The molecule has 2 N–H and O–H groups in total. The van der Waals surface area contributed by atoms with Gasteiger partial charge in [0.2, 0.25) is 5.91 Å². The highest BCUT2D eigenvalue weighted by molar-refractivity contribution is 5.96. The second-order valence-corrected chi connectivity index (χ2v) is 6.91. The first kappa shape index (κ1) is 20.5. The van der Waals surface area contributed by atoms with E-state index < -0.39 is 0 Å². The zero-order valence-electron chi connectivity index (χ0n) is 16.7. The van der Waals surface area contributed by atoms with Crippen LogP contribution < -0.4 is 15.4 Å². The zero-order valence-corrected chi connectivity index (χ0v) is 16.7. The van der Waals surface area contributed by atoms with Gasteiger partial charge in [-0.3, -0.25) is 9.59 Å². The third kappa shape index (κ3) is 5.58. The van der Waals surface area contributed by atoms with Crippen LogP contribution in [0.1, 0.15) is 49.8 Å². The molecule has 0 aliphatic rings. The van der Waals surface area contributed by atoms with Crippen molar-refractivity contribution in [3.05, 3.63) is 53.1 Å². The number of rotatable bonds is 7. The minimum absolute atomic E-state index is 0.0643. The van der Waals surface area contributed by atoms with E-state index in [9.17, 15) is 9.59 Å². The molecule has 2 aromatic carbocycles. The summed E-state index contributed by atoms with van der Waals surface area (Å²) in [5.41, 5.74) is 4.33. The molecule has 0 spiro atoms. The number of hydrogen-bond donors (Lipinski definition) is 2. The highest BCUT2D eigenvalue weighted by Gasteiger charge is 2.12. The van der Waals surface area contributed by atoms with Crippen LogP contribution >= 0.6 is 0 Å². The lowest BCUT2D eigenvalue weighted by Crippen LogP contribution is -2.21. The summed E-state index contributed by atoms with van der Waals surface area (Å²) < 4.78 is 5.78. The molecule has 0 unspecified atom stereocenters. The van der Waals surface area contributed by atoms with E-state index >= 15 is 0 Å². The predicted octanol–water partition coefficient (Wildman–Crippen LogP) is 4.79. The van der Waals surface area contributed by atoms with Gasteiger partial charge >= 0.3 is 0 Å². The maximum atomic E-state index is 12.4. The SMILES string of the molecule is CCC(=O)Nc1cccc(NC(=O)COc2cc(C)ccc2C(C)C)c1C. The van der Waals surface area contributed by atoms with E-state index in [1.807, 2.05) is 38.1 Å². The first-order chi connectivity index (χ1) is 12.8. The van der Waals surface area contributed by atoms with Crippen LogP contribution in [0, 0.1) is 13.8 Å². The third-order valence-corrected chi connectivity index (χ3v) is 4.35. The van der Waals surface area contributed by atoms with Crippen LogP contribution in [0.4, 0.5) is 11.4 Å². The summed E-state index contributed by atoms with van der Waals surface area (Å²) in [5, 5.41) is 5.70. The summed E-state index contributed by atoms with van der Waals surface area (Å²) in [7, 11) is 0. The molecular formula is C22H28N2O3. The average molecular weight is 368 g/mol. The Morgan fingerprint density at radius 3 is 2.22 bits per heavy atom. The summed E-state index contributed by atoms with van der Waals surface area (Å²) >= 11 is 0. The fourth-order valence-corrected chi connectivity index (χ4v) is 2.72. The Labute approximate surface area is 161 Å². The number of carbonyl (C=O) groups excluding carboxylic acids is 2. The maximum Gasteiger partial charge on any atom is 0.262 e. The quantitative estimate of drug-likeness (QED) is 0.738. The number of amides is 2. The topological polar surface area (TPSA) is 67.4 Å². The molecule has 0 atom stereocenters. The van der Waals surface area contributed by atoms with E-state index in [1.54, 1.807) is 19.1 Å². The molecule has 0 bridgehead atoms. The van der Waals surface area contributed by atoms with Crippen molar-refractivity contribution in [3.63, 3.8) is 0 Å². The smallest absolute Gasteiger partial charge is 0.262 e. The molecule has 2 amide bonds. The predicted molar refractivity (Wildman–Crippen MR) is 109 cm³/mol. The van der Waals surface area contributed by atoms with Crippen molar-refractivity contribution in [1.82, 2.24) is 0 Å². The summed E-state index contributed by atoms with van der Waals surface area (Å²) in [6.07, 6.45) is 0.401. The zero-order chi connectivity index (χ0) is 20.0. The molecule has 144 valence electrons. The van der Waals surface area contributed by atoms with Crippen LogP contribution in [0.15, 0.2) is 36.4 Å². The van der Waals surface area contributed by atoms with Gasteiger partial charge in [-0.2, -0.15) is 0 Å². The van der Waals surface area contributed by atoms with Crippen molar-refractivity contribution in [3.8, 4) is 5.75 Å². The highest BCUT2D eigenvalue weighted by Crippen LogP contribution is 2.28. The number of carbonyl (C=O) groups is 2. The van der Waals surface area contributed by atoms with Gasteiger partial charge in [0.1, 0.15) is 5.75 Å². The fourth-order valence-electron chi connectivity index (χ4n) is 2.72. The Kier molecular flexibility index (Phi) is 6.99. The van der Waals surface area contributed by atoms with E-state index in [2.05, 4.69) is 24.5 Å². The number of ether oxygens (including phenoxy) is 1. The van der Waals surface area contributed by atoms with Crippen LogP contribution in [0.3, 0.4) is 0 Å². The standard InChI is InChI=1S/C22H28N2O3/c1-6-21(25)23-18-8-7-9-19(16(18)5)24-22(26)13-27-20-12-15(4)10-11-17(20)14(2)3/h7-12,14H,6,13H2,1-5H3,(H,23,25)(H,24,26). The molecule has 0 saturated heterocycles. The Bertz CT molecular complexity index is 828. The van der Waals surface area contributed by atoms with Crippen LogP contribution in [0.2, 0.25) is 0 Å². The Hall–Kier alpha value is -2.82. The lowest BCUT2D eigenvalue weighted by molar-refractivity contribution is -0.118. The number of nitrogens with one attached hydrogen (secondary N) is 2. The Balaban J connectivity index is 2.06. The Morgan fingerprint density at radius 2 is 1.63 bits per heavy atom. The second kappa shape index (κ2) is 9.21. The second-order valence-electron chi connectivity index (χ2n) is 6.91. The minimum atomic E-state index is -0.242. The molecule has 2 aromatic rings. The monoisotopic (exact) mass is 368 g/mol. The van der Waals surface area contributed by atoms with Crippen LogP contribution in [-0.2, 0) is 9.59 Å². The van der Waals surface area contributed by atoms with E-state index in [1.165, 1.54) is 0 Å². The number of hydrogen-bond acceptors (Lipinski definition) is 3. The van der Waals surface area contributed by atoms with Crippen molar-refractivity contribution < 1.29 is 14.3 Å². The van der Waals surface area contributed by atoms with Crippen LogP contribution in [0.25, 0.3) is 0 Å². The van der Waals surface area contributed by atoms with Gasteiger partial charge in [-0.1, -0.05) is 39.0 Å². The van der Waals surface area contributed by atoms with Gasteiger partial charge in [-0.05, 0) is 54.7 Å². The van der Waals surface area contributed by atoms with Crippen molar-refractivity contribution in [2.45, 2.75) is 47.0 Å².